The van der Waals surface area contributed by atoms with Crippen LogP contribution < -0.4 is 10.6 Å². The van der Waals surface area contributed by atoms with Crippen LogP contribution in [-0.4, -0.2) is 50.8 Å². The van der Waals surface area contributed by atoms with Crippen LogP contribution in [-0.2, 0) is 11.2 Å². The normalized spacial score (nSPS) is 24.8. The fourth-order valence-electron chi connectivity index (χ4n) is 3.42. The van der Waals surface area contributed by atoms with E-state index in [4.69, 9.17) is 10.5 Å². The molecular weight excluding hydrogens is 250 g/mol. The minimum atomic E-state index is 0.304. The van der Waals surface area contributed by atoms with Crippen molar-refractivity contribution in [2.24, 2.45) is 5.73 Å². The van der Waals surface area contributed by atoms with Gasteiger partial charge in [0.2, 0.25) is 0 Å². The van der Waals surface area contributed by atoms with Gasteiger partial charge in [0.05, 0.1) is 12.7 Å². The first-order valence-electron chi connectivity index (χ1n) is 7.58. The first-order valence-corrected chi connectivity index (χ1v) is 7.58. The number of nitrogens with two attached hydrogens (primary N) is 1. The second-order valence-electron chi connectivity index (χ2n) is 5.99. The van der Waals surface area contributed by atoms with Gasteiger partial charge in [0.1, 0.15) is 0 Å². The predicted octanol–water partition coefficient (Wildman–Crippen LogP) is 1.40. The van der Waals surface area contributed by atoms with E-state index in [1.54, 1.807) is 0 Å². The van der Waals surface area contributed by atoms with Crippen molar-refractivity contribution in [3.63, 3.8) is 0 Å². The minimum Gasteiger partial charge on any atom is -0.376 e. The number of hydrogen-bond acceptors (Lipinski definition) is 4. The Hall–Kier alpha value is -1.10. The van der Waals surface area contributed by atoms with Gasteiger partial charge in [-0.1, -0.05) is 12.1 Å². The maximum absolute atomic E-state index is 6.06. The van der Waals surface area contributed by atoms with Gasteiger partial charge in [-0.25, -0.2) is 0 Å². The van der Waals surface area contributed by atoms with Crippen LogP contribution in [0.3, 0.4) is 0 Å². The summed E-state index contributed by atoms with van der Waals surface area (Å²) in [7, 11) is 2.16. The zero-order valence-corrected chi connectivity index (χ0v) is 12.5. The smallest absolute Gasteiger partial charge is 0.0674 e. The highest BCUT2D eigenvalue weighted by atomic mass is 16.5. The summed E-state index contributed by atoms with van der Waals surface area (Å²) in [5.41, 5.74) is 10.3. The summed E-state index contributed by atoms with van der Waals surface area (Å²) in [6.45, 7) is 6.69. The number of nitrogens with zero attached hydrogens (tertiary/aromatic N) is 2. The van der Waals surface area contributed by atoms with E-state index in [0.29, 0.717) is 18.7 Å². The molecule has 3 rings (SSSR count). The van der Waals surface area contributed by atoms with Crippen LogP contribution in [0.2, 0.25) is 0 Å². The minimum absolute atomic E-state index is 0.304. The Balaban J connectivity index is 1.82. The zero-order valence-electron chi connectivity index (χ0n) is 12.5. The third-order valence-corrected chi connectivity index (χ3v) is 4.55. The maximum Gasteiger partial charge on any atom is 0.0674 e. The number of rotatable bonds is 3. The highest BCUT2D eigenvalue weighted by Crippen LogP contribution is 2.31. The predicted molar refractivity (Wildman–Crippen MR) is 82.2 cm³/mol. The molecule has 2 atom stereocenters. The molecule has 1 saturated heterocycles. The van der Waals surface area contributed by atoms with Crippen molar-refractivity contribution in [2.45, 2.75) is 25.5 Å². The molecule has 1 aromatic carbocycles. The number of anilines is 1. The van der Waals surface area contributed by atoms with Crippen molar-refractivity contribution >= 4 is 5.69 Å². The molecule has 110 valence electrons. The van der Waals surface area contributed by atoms with Gasteiger partial charge in [-0.3, -0.25) is 4.90 Å². The topological polar surface area (TPSA) is 41.7 Å². The van der Waals surface area contributed by atoms with Gasteiger partial charge in [0, 0.05) is 45.0 Å². The number of fused-ring (bicyclic) bond motifs is 1. The summed E-state index contributed by atoms with van der Waals surface area (Å²) in [5, 5.41) is 0. The third kappa shape index (κ3) is 2.55. The van der Waals surface area contributed by atoms with E-state index in [-0.39, 0.29) is 0 Å². The second kappa shape index (κ2) is 5.72. The number of benzene rings is 1. The summed E-state index contributed by atoms with van der Waals surface area (Å²) < 4.78 is 5.64. The lowest BCUT2D eigenvalue weighted by atomic mass is 10.0. The summed E-state index contributed by atoms with van der Waals surface area (Å²) in [5.74, 6) is 0. The van der Waals surface area contributed by atoms with E-state index in [9.17, 15) is 0 Å². The fraction of sp³-hybridized carbons (Fsp3) is 0.625. The molecule has 1 fully saturated rings. The van der Waals surface area contributed by atoms with Crippen LogP contribution in [0.15, 0.2) is 18.2 Å². The van der Waals surface area contributed by atoms with Gasteiger partial charge in [-0.15, -0.1) is 0 Å². The van der Waals surface area contributed by atoms with E-state index in [1.807, 2.05) is 0 Å². The number of likely N-dealkylation sites (N-methyl/N-ethyl adjacent to an activating group) is 1. The van der Waals surface area contributed by atoms with Gasteiger partial charge in [0.15, 0.2) is 0 Å². The molecule has 2 aliphatic heterocycles. The molecule has 0 aliphatic carbocycles. The number of ether oxygens (including phenoxy) is 1. The fourth-order valence-corrected chi connectivity index (χ4v) is 3.42. The van der Waals surface area contributed by atoms with Crippen LogP contribution in [0.25, 0.3) is 0 Å². The first kappa shape index (κ1) is 13.9. The van der Waals surface area contributed by atoms with Gasteiger partial charge in [-0.05, 0) is 30.5 Å². The van der Waals surface area contributed by atoms with E-state index in [2.05, 4.69) is 42.0 Å². The number of morpholine rings is 1. The summed E-state index contributed by atoms with van der Waals surface area (Å²) in [6.07, 6.45) is 1.45. The molecule has 2 N–H and O–H groups in total. The largest absolute Gasteiger partial charge is 0.376 e. The maximum atomic E-state index is 6.06. The second-order valence-corrected chi connectivity index (χ2v) is 5.99. The Morgan fingerprint density at radius 1 is 1.40 bits per heavy atom. The molecule has 1 aromatic rings. The molecule has 0 aromatic heterocycles. The average Bonchev–Trinajstić information content (AvgIpc) is 2.81. The Labute approximate surface area is 121 Å². The molecule has 20 heavy (non-hydrogen) atoms. The van der Waals surface area contributed by atoms with Crippen molar-refractivity contribution in [1.29, 1.82) is 0 Å². The third-order valence-electron chi connectivity index (χ3n) is 4.55. The molecule has 0 radical (unpaired) electrons. The van der Waals surface area contributed by atoms with E-state index in [1.165, 1.54) is 16.8 Å². The van der Waals surface area contributed by atoms with E-state index in [0.717, 1.165) is 32.7 Å². The lowest BCUT2D eigenvalue weighted by molar-refractivity contribution is -0.0333. The van der Waals surface area contributed by atoms with Gasteiger partial charge < -0.3 is 15.4 Å². The van der Waals surface area contributed by atoms with Gasteiger partial charge >= 0.3 is 0 Å². The summed E-state index contributed by atoms with van der Waals surface area (Å²) in [6, 6.07) is 7.18. The van der Waals surface area contributed by atoms with Crippen molar-refractivity contribution in [3.05, 3.63) is 29.3 Å². The summed E-state index contributed by atoms with van der Waals surface area (Å²) >= 11 is 0. The van der Waals surface area contributed by atoms with Crippen LogP contribution >= 0.6 is 0 Å². The molecule has 2 aliphatic rings. The molecular formula is C16H25N3O. The van der Waals surface area contributed by atoms with Crippen LogP contribution in [0.1, 0.15) is 24.1 Å². The molecule has 4 heteroatoms. The van der Waals surface area contributed by atoms with Gasteiger partial charge in [-0.2, -0.15) is 0 Å². The molecule has 2 unspecified atom stereocenters. The zero-order chi connectivity index (χ0) is 14.1. The molecule has 0 amide bonds. The Morgan fingerprint density at radius 3 is 3.00 bits per heavy atom. The van der Waals surface area contributed by atoms with Crippen molar-refractivity contribution in [1.82, 2.24) is 4.90 Å². The average molecular weight is 275 g/mol. The van der Waals surface area contributed by atoms with Crippen LogP contribution in [0, 0.1) is 0 Å². The van der Waals surface area contributed by atoms with Crippen molar-refractivity contribution < 1.29 is 4.74 Å². The quantitative estimate of drug-likeness (QED) is 0.905. The Kier molecular flexibility index (Phi) is 3.96. The van der Waals surface area contributed by atoms with Crippen molar-refractivity contribution in [2.75, 3.05) is 44.7 Å². The summed E-state index contributed by atoms with van der Waals surface area (Å²) in [4.78, 5) is 4.79. The standard InChI is InChI=1S/C16H25N3O/c1-12-11-19(7-8-20-12)16(10-17)13-3-4-15-14(9-13)5-6-18(15)2/h3-4,9,12,16H,5-8,10-11,17H2,1-2H3. The lowest BCUT2D eigenvalue weighted by Gasteiger charge is -2.37. The monoisotopic (exact) mass is 275 g/mol. The van der Waals surface area contributed by atoms with E-state index < -0.39 is 0 Å². The molecule has 4 nitrogen and oxygen atoms in total. The highest BCUT2D eigenvalue weighted by Gasteiger charge is 2.26. The first-order chi connectivity index (χ1) is 9.69. The number of hydrogen-bond donors (Lipinski definition) is 1. The molecule has 2 heterocycles. The SMILES string of the molecule is CC1CN(C(CN)c2ccc3c(c2)CCN3C)CCO1. The van der Waals surface area contributed by atoms with Crippen molar-refractivity contribution in [3.8, 4) is 0 Å². The lowest BCUT2D eigenvalue weighted by Crippen LogP contribution is -2.45. The highest BCUT2D eigenvalue weighted by molar-refractivity contribution is 5.58. The van der Waals surface area contributed by atoms with E-state index >= 15 is 0 Å². The van der Waals surface area contributed by atoms with Crippen LogP contribution in [0.5, 0.6) is 0 Å². The Bertz CT molecular complexity index is 477. The molecule has 0 saturated carbocycles. The Morgan fingerprint density at radius 2 is 2.25 bits per heavy atom. The molecule has 0 spiro atoms. The van der Waals surface area contributed by atoms with Crippen LogP contribution in [0.4, 0.5) is 5.69 Å². The molecule has 0 bridgehead atoms. The van der Waals surface area contributed by atoms with Gasteiger partial charge in [0.25, 0.3) is 0 Å².